The summed E-state index contributed by atoms with van der Waals surface area (Å²) in [6.07, 6.45) is 7.74. The van der Waals surface area contributed by atoms with E-state index in [1.807, 2.05) is 0 Å². The first-order chi connectivity index (χ1) is 11.8. The molecule has 1 N–H and O–H groups in total. The van der Waals surface area contributed by atoms with E-state index in [0.29, 0.717) is 12.0 Å². The van der Waals surface area contributed by atoms with Crippen LogP contribution in [0.15, 0.2) is 36.7 Å². The molecule has 0 bridgehead atoms. The lowest BCUT2D eigenvalue weighted by Crippen LogP contribution is -2.29. The normalized spacial score (nSPS) is 21.3. The Morgan fingerprint density at radius 2 is 1.92 bits per heavy atom. The molecule has 2 aromatic rings. The maximum absolute atomic E-state index is 4.58. The minimum absolute atomic E-state index is 0.422. The number of rotatable bonds is 3. The molecular formula is C20H26N4. The molecule has 24 heavy (non-hydrogen) atoms. The van der Waals surface area contributed by atoms with E-state index in [2.05, 4.69) is 57.6 Å². The Labute approximate surface area is 144 Å². The molecule has 1 atom stereocenters. The van der Waals surface area contributed by atoms with E-state index in [1.54, 1.807) is 6.33 Å². The molecule has 0 unspecified atom stereocenters. The van der Waals surface area contributed by atoms with Crippen molar-refractivity contribution >= 4 is 5.82 Å². The Bertz CT molecular complexity index is 694. The molecule has 1 aromatic carbocycles. The largest absolute Gasteiger partial charge is 0.353 e. The number of nitrogens with zero attached hydrogens (tertiary/aromatic N) is 3. The number of hydrogen-bond donors (Lipinski definition) is 1. The fraction of sp³-hybridized carbons (Fsp3) is 0.500. The second-order valence-electron chi connectivity index (χ2n) is 7.04. The van der Waals surface area contributed by atoms with Crippen LogP contribution in [0.5, 0.6) is 0 Å². The van der Waals surface area contributed by atoms with E-state index in [0.717, 1.165) is 18.9 Å². The van der Waals surface area contributed by atoms with Crippen molar-refractivity contribution in [2.45, 2.75) is 44.1 Å². The van der Waals surface area contributed by atoms with Crippen LogP contribution in [0.3, 0.4) is 0 Å². The van der Waals surface area contributed by atoms with Crippen molar-refractivity contribution in [3.63, 3.8) is 0 Å². The van der Waals surface area contributed by atoms with Crippen molar-refractivity contribution in [1.82, 2.24) is 15.3 Å². The zero-order valence-electron chi connectivity index (χ0n) is 14.4. The third kappa shape index (κ3) is 3.03. The van der Waals surface area contributed by atoms with Crippen LogP contribution in [0.25, 0.3) is 0 Å². The number of hydrogen-bond acceptors (Lipinski definition) is 4. The van der Waals surface area contributed by atoms with Gasteiger partial charge in [0.2, 0.25) is 0 Å². The Morgan fingerprint density at radius 1 is 1.08 bits per heavy atom. The highest BCUT2D eigenvalue weighted by Gasteiger charge is 2.25. The van der Waals surface area contributed by atoms with Gasteiger partial charge in [-0.25, -0.2) is 9.97 Å². The second kappa shape index (κ2) is 6.89. The summed E-state index contributed by atoms with van der Waals surface area (Å²) in [5, 5.41) is 3.43. The summed E-state index contributed by atoms with van der Waals surface area (Å²) >= 11 is 0. The number of fused-ring (bicyclic) bond motifs is 1. The number of anilines is 1. The Balaban J connectivity index is 1.60. The zero-order chi connectivity index (χ0) is 16.4. The first-order valence-corrected chi connectivity index (χ1v) is 9.16. The van der Waals surface area contributed by atoms with Gasteiger partial charge in [-0.1, -0.05) is 24.3 Å². The van der Waals surface area contributed by atoms with E-state index < -0.39 is 0 Å². The summed E-state index contributed by atoms with van der Waals surface area (Å²) in [6.45, 7) is 2.19. The van der Waals surface area contributed by atoms with E-state index >= 15 is 0 Å². The molecule has 4 heteroatoms. The summed E-state index contributed by atoms with van der Waals surface area (Å²) < 4.78 is 0. The van der Waals surface area contributed by atoms with Crippen LogP contribution < -0.4 is 10.2 Å². The summed E-state index contributed by atoms with van der Waals surface area (Å²) in [5.41, 5.74) is 4.17. The molecule has 0 amide bonds. The smallest absolute Gasteiger partial charge is 0.132 e. The molecular weight excluding hydrogens is 296 g/mol. The van der Waals surface area contributed by atoms with Gasteiger partial charge in [0.15, 0.2) is 0 Å². The second-order valence-corrected chi connectivity index (χ2v) is 7.04. The highest BCUT2D eigenvalue weighted by molar-refractivity contribution is 5.45. The molecule has 1 aliphatic carbocycles. The first-order valence-electron chi connectivity index (χ1n) is 9.16. The minimum Gasteiger partial charge on any atom is -0.353 e. The van der Waals surface area contributed by atoms with Crippen LogP contribution in [0.2, 0.25) is 0 Å². The Morgan fingerprint density at radius 3 is 2.79 bits per heavy atom. The van der Waals surface area contributed by atoms with Crippen LogP contribution in [0, 0.1) is 0 Å². The molecule has 2 heterocycles. The van der Waals surface area contributed by atoms with E-state index in [4.69, 9.17) is 0 Å². The predicted molar refractivity (Wildman–Crippen MR) is 97.4 cm³/mol. The summed E-state index contributed by atoms with van der Waals surface area (Å²) in [7, 11) is 2.18. The van der Waals surface area contributed by atoms with Gasteiger partial charge in [-0.3, -0.25) is 0 Å². The maximum Gasteiger partial charge on any atom is 0.132 e. The van der Waals surface area contributed by atoms with Gasteiger partial charge in [0.1, 0.15) is 12.1 Å². The monoisotopic (exact) mass is 322 g/mol. The van der Waals surface area contributed by atoms with Crippen molar-refractivity contribution in [2.24, 2.45) is 0 Å². The minimum atomic E-state index is 0.422. The number of nitrogens with one attached hydrogen (secondary N) is 1. The third-order valence-corrected chi connectivity index (χ3v) is 5.60. The molecule has 4 rings (SSSR count). The molecule has 1 saturated heterocycles. The van der Waals surface area contributed by atoms with Crippen LogP contribution >= 0.6 is 0 Å². The molecule has 1 fully saturated rings. The van der Waals surface area contributed by atoms with E-state index in [9.17, 15) is 0 Å². The van der Waals surface area contributed by atoms with Gasteiger partial charge in [0, 0.05) is 24.7 Å². The lowest BCUT2D eigenvalue weighted by Gasteiger charge is -2.34. The Kier molecular flexibility index (Phi) is 4.48. The lowest BCUT2D eigenvalue weighted by molar-refractivity contribution is 0.452. The highest BCUT2D eigenvalue weighted by atomic mass is 15.2. The fourth-order valence-corrected chi connectivity index (χ4v) is 4.19. The average molecular weight is 322 g/mol. The van der Waals surface area contributed by atoms with Gasteiger partial charge in [-0.2, -0.15) is 0 Å². The molecule has 2 aliphatic rings. The topological polar surface area (TPSA) is 41.0 Å². The van der Waals surface area contributed by atoms with Crippen molar-refractivity contribution in [3.05, 3.63) is 53.5 Å². The SMILES string of the molecule is CN(c1cc(C2CCNCC2)ncn1)[C@H]1CCCc2ccccc21. The predicted octanol–water partition coefficient (Wildman–Crippen LogP) is 3.46. The lowest BCUT2D eigenvalue weighted by atomic mass is 9.87. The average Bonchev–Trinajstić information content (AvgIpc) is 2.68. The molecule has 0 radical (unpaired) electrons. The van der Waals surface area contributed by atoms with Crippen molar-refractivity contribution in [2.75, 3.05) is 25.0 Å². The Hall–Kier alpha value is -1.94. The summed E-state index contributed by atoms with van der Waals surface area (Å²) in [4.78, 5) is 11.5. The molecule has 4 nitrogen and oxygen atoms in total. The van der Waals surface area contributed by atoms with E-state index in [-0.39, 0.29) is 0 Å². The van der Waals surface area contributed by atoms with Crippen LogP contribution in [0.1, 0.15) is 54.5 Å². The molecule has 1 aliphatic heterocycles. The standard InChI is InChI=1S/C20H26N4/c1-24(19-8-4-6-15-5-2-3-7-17(15)19)20-13-18(22-14-23-20)16-9-11-21-12-10-16/h2-3,5,7,13-14,16,19,21H,4,6,8-12H2,1H3/t19-/m0/s1. The molecule has 0 saturated carbocycles. The zero-order valence-corrected chi connectivity index (χ0v) is 14.4. The quantitative estimate of drug-likeness (QED) is 0.939. The fourth-order valence-electron chi connectivity index (χ4n) is 4.19. The van der Waals surface area contributed by atoms with Crippen LogP contribution in [-0.2, 0) is 6.42 Å². The first kappa shape index (κ1) is 15.6. The van der Waals surface area contributed by atoms with Gasteiger partial charge in [-0.15, -0.1) is 0 Å². The molecule has 126 valence electrons. The van der Waals surface area contributed by atoms with Crippen molar-refractivity contribution in [3.8, 4) is 0 Å². The summed E-state index contributed by atoms with van der Waals surface area (Å²) in [5.74, 6) is 1.63. The van der Waals surface area contributed by atoms with Crippen LogP contribution in [0.4, 0.5) is 5.82 Å². The van der Waals surface area contributed by atoms with Gasteiger partial charge < -0.3 is 10.2 Å². The molecule has 1 aromatic heterocycles. The van der Waals surface area contributed by atoms with Gasteiger partial charge in [0.25, 0.3) is 0 Å². The molecule has 0 spiro atoms. The highest BCUT2D eigenvalue weighted by Crippen LogP contribution is 2.36. The third-order valence-electron chi connectivity index (χ3n) is 5.60. The van der Waals surface area contributed by atoms with Crippen molar-refractivity contribution in [1.29, 1.82) is 0 Å². The number of piperidine rings is 1. The number of aryl methyl sites for hydroxylation is 1. The van der Waals surface area contributed by atoms with Gasteiger partial charge in [0.05, 0.1) is 6.04 Å². The van der Waals surface area contributed by atoms with Gasteiger partial charge >= 0.3 is 0 Å². The van der Waals surface area contributed by atoms with Gasteiger partial charge in [-0.05, 0) is 56.3 Å². The van der Waals surface area contributed by atoms with Crippen molar-refractivity contribution < 1.29 is 0 Å². The van der Waals surface area contributed by atoms with Crippen LogP contribution in [-0.4, -0.2) is 30.1 Å². The summed E-state index contributed by atoms with van der Waals surface area (Å²) in [6, 6.07) is 11.5. The number of aromatic nitrogens is 2. The number of benzene rings is 1. The van der Waals surface area contributed by atoms with E-state index in [1.165, 1.54) is 48.9 Å². The maximum atomic E-state index is 4.58.